The maximum atomic E-state index is 5.92. The molecule has 1 heterocycles. The number of guanidine groups is 1. The summed E-state index contributed by atoms with van der Waals surface area (Å²) in [7, 11) is 0. The Morgan fingerprint density at radius 1 is 1.24 bits per heavy atom. The van der Waals surface area contributed by atoms with Crippen LogP contribution < -0.4 is 11.1 Å². The van der Waals surface area contributed by atoms with E-state index in [0.717, 1.165) is 22.6 Å². The first-order valence-corrected chi connectivity index (χ1v) is 6.62. The maximum Gasteiger partial charge on any atom is 0.193 e. The third-order valence-corrected chi connectivity index (χ3v) is 3.47. The molecule has 1 aromatic carbocycles. The lowest BCUT2D eigenvalue weighted by atomic mass is 10.1. The van der Waals surface area contributed by atoms with Gasteiger partial charge >= 0.3 is 0 Å². The molecular weight excluding hydrogens is 377 g/mol. The van der Waals surface area contributed by atoms with E-state index in [1.54, 1.807) is 0 Å². The fourth-order valence-corrected chi connectivity index (χ4v) is 1.98. The highest BCUT2D eigenvalue weighted by Crippen LogP contribution is 2.14. The SMILES string of the molecule is Cc1ccc(NC(N)=NCc2c(C)n[nH]c2C)cc1C.I. The number of aromatic nitrogens is 2. The Balaban J connectivity index is 0.00000220. The summed E-state index contributed by atoms with van der Waals surface area (Å²) in [4.78, 5) is 4.36. The molecule has 0 unspecified atom stereocenters. The van der Waals surface area contributed by atoms with Gasteiger partial charge in [0.25, 0.3) is 0 Å². The summed E-state index contributed by atoms with van der Waals surface area (Å²) < 4.78 is 0. The minimum atomic E-state index is 0. The number of H-pyrrole nitrogens is 1. The van der Waals surface area contributed by atoms with E-state index in [1.165, 1.54) is 11.1 Å². The van der Waals surface area contributed by atoms with Crippen LogP contribution in [0.25, 0.3) is 0 Å². The van der Waals surface area contributed by atoms with E-state index in [2.05, 4.69) is 46.5 Å². The molecule has 0 amide bonds. The number of anilines is 1. The normalized spacial score (nSPS) is 11.1. The lowest BCUT2D eigenvalue weighted by molar-refractivity contribution is 1.02. The first-order valence-electron chi connectivity index (χ1n) is 6.62. The molecule has 114 valence electrons. The highest BCUT2D eigenvalue weighted by atomic mass is 127. The summed E-state index contributed by atoms with van der Waals surface area (Å²) in [6.07, 6.45) is 0. The monoisotopic (exact) mass is 399 g/mol. The second-order valence-corrected chi connectivity index (χ2v) is 5.04. The van der Waals surface area contributed by atoms with Crippen LogP contribution in [-0.4, -0.2) is 16.2 Å². The molecule has 2 aromatic rings. The van der Waals surface area contributed by atoms with Gasteiger partial charge < -0.3 is 11.1 Å². The number of benzene rings is 1. The van der Waals surface area contributed by atoms with E-state index in [4.69, 9.17) is 5.73 Å². The van der Waals surface area contributed by atoms with E-state index in [9.17, 15) is 0 Å². The summed E-state index contributed by atoms with van der Waals surface area (Å²) in [5.41, 5.74) is 12.4. The summed E-state index contributed by atoms with van der Waals surface area (Å²) in [5.74, 6) is 0.410. The van der Waals surface area contributed by atoms with Crippen molar-refractivity contribution < 1.29 is 0 Å². The first-order chi connectivity index (χ1) is 9.47. The van der Waals surface area contributed by atoms with Gasteiger partial charge in [-0.25, -0.2) is 4.99 Å². The number of nitrogens with zero attached hydrogens (tertiary/aromatic N) is 2. The van der Waals surface area contributed by atoms with Crippen molar-refractivity contribution in [1.82, 2.24) is 10.2 Å². The zero-order chi connectivity index (χ0) is 14.7. The van der Waals surface area contributed by atoms with Crippen molar-refractivity contribution in [3.05, 3.63) is 46.3 Å². The van der Waals surface area contributed by atoms with Crippen molar-refractivity contribution in [2.45, 2.75) is 34.2 Å². The van der Waals surface area contributed by atoms with Gasteiger partial charge in [0.05, 0.1) is 12.2 Å². The fourth-order valence-electron chi connectivity index (χ4n) is 1.98. The van der Waals surface area contributed by atoms with Crippen LogP contribution in [0.2, 0.25) is 0 Å². The van der Waals surface area contributed by atoms with E-state index >= 15 is 0 Å². The number of hydrogen-bond acceptors (Lipinski definition) is 2. The average Bonchev–Trinajstić information content (AvgIpc) is 2.71. The molecular formula is C15H22IN5. The van der Waals surface area contributed by atoms with Crippen LogP contribution >= 0.6 is 24.0 Å². The van der Waals surface area contributed by atoms with Crippen LogP contribution in [0, 0.1) is 27.7 Å². The average molecular weight is 399 g/mol. The zero-order valence-corrected chi connectivity index (χ0v) is 15.1. The summed E-state index contributed by atoms with van der Waals surface area (Å²) >= 11 is 0. The van der Waals surface area contributed by atoms with Crippen LogP contribution in [0.3, 0.4) is 0 Å². The number of aryl methyl sites for hydroxylation is 4. The van der Waals surface area contributed by atoms with Gasteiger partial charge in [-0.1, -0.05) is 6.07 Å². The van der Waals surface area contributed by atoms with Crippen molar-refractivity contribution in [2.75, 3.05) is 5.32 Å². The molecule has 0 spiro atoms. The lowest BCUT2D eigenvalue weighted by Gasteiger charge is -2.08. The van der Waals surface area contributed by atoms with E-state index < -0.39 is 0 Å². The number of rotatable bonds is 3. The van der Waals surface area contributed by atoms with Gasteiger partial charge in [0.2, 0.25) is 0 Å². The van der Waals surface area contributed by atoms with Gasteiger partial charge in [-0.05, 0) is 51.0 Å². The van der Waals surface area contributed by atoms with Gasteiger partial charge in [0.15, 0.2) is 5.96 Å². The number of hydrogen-bond donors (Lipinski definition) is 3. The zero-order valence-electron chi connectivity index (χ0n) is 12.8. The second-order valence-electron chi connectivity index (χ2n) is 5.04. The Morgan fingerprint density at radius 2 is 1.95 bits per heavy atom. The van der Waals surface area contributed by atoms with Crippen LogP contribution in [0.1, 0.15) is 28.1 Å². The molecule has 6 heteroatoms. The number of nitrogens with one attached hydrogen (secondary N) is 2. The number of aliphatic imine (C=N–C) groups is 1. The maximum absolute atomic E-state index is 5.92. The van der Waals surface area contributed by atoms with Gasteiger partial charge in [-0.3, -0.25) is 5.10 Å². The van der Waals surface area contributed by atoms with Gasteiger partial charge in [-0.15, -0.1) is 24.0 Å². The molecule has 0 aliphatic carbocycles. The van der Waals surface area contributed by atoms with Crippen molar-refractivity contribution >= 4 is 35.6 Å². The molecule has 0 saturated heterocycles. The molecule has 21 heavy (non-hydrogen) atoms. The smallest absolute Gasteiger partial charge is 0.193 e. The highest BCUT2D eigenvalue weighted by molar-refractivity contribution is 14.0. The predicted octanol–water partition coefficient (Wildman–Crippen LogP) is 3.19. The Labute approximate surface area is 142 Å². The quantitative estimate of drug-likeness (QED) is 0.422. The third kappa shape index (κ3) is 4.45. The standard InChI is InChI=1S/C15H21N5.HI/c1-9-5-6-13(7-10(9)2)18-15(16)17-8-14-11(3)19-20-12(14)4;/h5-7H,8H2,1-4H3,(H,19,20)(H3,16,17,18);1H. The molecule has 0 bridgehead atoms. The highest BCUT2D eigenvalue weighted by Gasteiger charge is 2.05. The van der Waals surface area contributed by atoms with Crippen LogP contribution in [0.4, 0.5) is 5.69 Å². The summed E-state index contributed by atoms with van der Waals surface area (Å²) in [6, 6.07) is 6.13. The molecule has 0 aliphatic heterocycles. The number of nitrogens with two attached hydrogens (primary N) is 1. The van der Waals surface area contributed by atoms with Crippen molar-refractivity contribution in [1.29, 1.82) is 0 Å². The van der Waals surface area contributed by atoms with Crippen molar-refractivity contribution in [3.8, 4) is 0 Å². The molecule has 0 saturated carbocycles. The second kappa shape index (κ2) is 7.44. The molecule has 0 radical (unpaired) electrons. The van der Waals surface area contributed by atoms with Crippen molar-refractivity contribution in [3.63, 3.8) is 0 Å². The largest absolute Gasteiger partial charge is 0.370 e. The van der Waals surface area contributed by atoms with Gasteiger partial charge in [0, 0.05) is 16.9 Å². The molecule has 2 rings (SSSR count). The molecule has 1 aromatic heterocycles. The Morgan fingerprint density at radius 3 is 2.52 bits per heavy atom. The number of aromatic amines is 1. The fraction of sp³-hybridized carbons (Fsp3) is 0.333. The Hall–Kier alpha value is -1.57. The summed E-state index contributed by atoms with van der Waals surface area (Å²) in [5, 5.41) is 10.2. The molecule has 0 fully saturated rings. The van der Waals surface area contributed by atoms with Crippen LogP contribution in [-0.2, 0) is 6.54 Å². The van der Waals surface area contributed by atoms with Crippen molar-refractivity contribution in [2.24, 2.45) is 10.7 Å². The van der Waals surface area contributed by atoms with E-state index in [-0.39, 0.29) is 24.0 Å². The van der Waals surface area contributed by atoms with E-state index in [1.807, 2.05) is 19.9 Å². The van der Waals surface area contributed by atoms with Gasteiger partial charge in [-0.2, -0.15) is 5.10 Å². The van der Waals surface area contributed by atoms with Crippen LogP contribution in [0.5, 0.6) is 0 Å². The van der Waals surface area contributed by atoms with Crippen LogP contribution in [0.15, 0.2) is 23.2 Å². The first kappa shape index (κ1) is 17.5. The number of halogens is 1. The molecule has 5 nitrogen and oxygen atoms in total. The molecule has 4 N–H and O–H groups in total. The third-order valence-electron chi connectivity index (χ3n) is 3.47. The molecule has 0 aliphatic rings. The Kier molecular flexibility index (Phi) is 6.19. The van der Waals surface area contributed by atoms with Gasteiger partial charge in [0.1, 0.15) is 0 Å². The minimum absolute atomic E-state index is 0. The Bertz CT molecular complexity index is 626. The molecule has 0 atom stereocenters. The van der Waals surface area contributed by atoms with E-state index in [0.29, 0.717) is 12.5 Å². The topological polar surface area (TPSA) is 79.1 Å². The summed E-state index contributed by atoms with van der Waals surface area (Å²) in [6.45, 7) is 8.63. The minimum Gasteiger partial charge on any atom is -0.370 e. The predicted molar refractivity (Wildman–Crippen MR) is 98.3 cm³/mol. The lowest BCUT2D eigenvalue weighted by Crippen LogP contribution is -2.22.